The van der Waals surface area contributed by atoms with E-state index in [1.807, 2.05) is 0 Å². The maximum atomic E-state index is 0. The van der Waals surface area contributed by atoms with Gasteiger partial charge in [-0.1, -0.05) is 0 Å². The summed E-state index contributed by atoms with van der Waals surface area (Å²) in [5.74, 6) is 0. The Bertz CT molecular complexity index is 3.25. The summed E-state index contributed by atoms with van der Waals surface area (Å²) < 4.78 is 0. The van der Waals surface area contributed by atoms with Crippen LogP contribution in [0.3, 0.4) is 0 Å². The average Bonchev–Trinajstić information content (AvgIpc) is 0. The molecule has 0 saturated heterocycles. The molecule has 0 aromatic carbocycles. The second-order valence-corrected chi connectivity index (χ2v) is 0. The minimum atomic E-state index is 0. The molecule has 0 amide bonds. The fourth-order valence-corrected chi connectivity index (χ4v) is 0. The first kappa shape index (κ1) is 24.4. The Morgan fingerprint density at radius 2 is 0.500 bits per heavy atom. The average molecular weight is 781 g/mol. The van der Waals surface area contributed by atoms with E-state index in [9.17, 15) is 0 Å². The van der Waals surface area contributed by atoms with Crippen molar-refractivity contribution in [1.82, 2.24) is 0 Å². The van der Waals surface area contributed by atoms with Crippen LogP contribution in [0.15, 0.2) is 0 Å². The summed E-state index contributed by atoms with van der Waals surface area (Å²) in [5.41, 5.74) is 0. The number of rotatable bonds is 0. The third kappa shape index (κ3) is 9.41. The van der Waals surface area contributed by atoms with Crippen LogP contribution in [-0.4, -0.2) is 81.9 Å². The smallest absolute Gasteiger partial charge is 0 e. The van der Waals surface area contributed by atoms with Crippen molar-refractivity contribution >= 4 is 81.9 Å². The minimum Gasteiger partial charge on any atom is 0 e. The molecule has 0 aromatic heterocycles. The molecule has 0 saturated carbocycles. The molecule has 0 spiro atoms. The van der Waals surface area contributed by atoms with E-state index < -0.39 is 0 Å². The van der Waals surface area contributed by atoms with E-state index in [-0.39, 0.29) is 121 Å². The van der Waals surface area contributed by atoms with E-state index in [2.05, 4.69) is 0 Å². The molecule has 0 aliphatic heterocycles. The Hall–Kier alpha value is 4.05. The Balaban J connectivity index is 0. The van der Waals surface area contributed by atoms with Crippen LogP contribution in [0.4, 0.5) is 0 Å². The van der Waals surface area contributed by atoms with Gasteiger partial charge in [0.2, 0.25) is 0 Å². The van der Waals surface area contributed by atoms with E-state index in [4.69, 9.17) is 0 Å². The van der Waals surface area contributed by atoms with Crippen molar-refractivity contribution in [2.45, 2.75) is 0 Å². The van der Waals surface area contributed by atoms with Crippen LogP contribution in [-0.2, 0) is 0 Å². The molecule has 4 heavy (non-hydrogen) atoms. The molecule has 0 atom stereocenters. The largest absolute Gasteiger partial charge is 0 e. The van der Waals surface area contributed by atoms with Crippen LogP contribution >= 0.6 is 0 Å². The molecule has 0 aliphatic rings. The third-order valence-corrected chi connectivity index (χ3v) is 0. The van der Waals surface area contributed by atoms with Crippen molar-refractivity contribution in [3.63, 3.8) is 0 Å². The van der Waals surface area contributed by atoms with Gasteiger partial charge in [-0.05, 0) is 0 Å². The Morgan fingerprint density at radius 1 is 0.500 bits per heavy atom. The van der Waals surface area contributed by atoms with Crippen LogP contribution in [0, 0.1) is 38.6 Å². The van der Waals surface area contributed by atoms with Gasteiger partial charge >= 0.3 is 0 Å². The van der Waals surface area contributed by atoms with Gasteiger partial charge in [-0.25, -0.2) is 0 Å². The topological polar surface area (TPSA) is 0 Å². The normalized spacial score (nSPS) is 0. The van der Waals surface area contributed by atoms with Gasteiger partial charge in [0.1, 0.15) is 0 Å². The summed E-state index contributed by atoms with van der Waals surface area (Å²) in [4.78, 5) is 0. The van der Waals surface area contributed by atoms with Gasteiger partial charge in [0.25, 0.3) is 0 Å². The van der Waals surface area contributed by atoms with Gasteiger partial charge in [-0.15, -0.1) is 0 Å². The summed E-state index contributed by atoms with van der Waals surface area (Å²) in [6.07, 6.45) is 0. The number of hydrogen-bond acceptors (Lipinski definition) is 0. The van der Waals surface area contributed by atoms with Crippen LogP contribution in [0.5, 0.6) is 0 Å². The van der Waals surface area contributed by atoms with Crippen molar-refractivity contribution < 1.29 is 38.6 Å². The second kappa shape index (κ2) is 15.7. The Morgan fingerprint density at radius 3 is 0.500 bits per heavy atom. The SMILES string of the molecule is [Pb].[Pb].[Pb].[Tb]. The molecule has 0 bridgehead atoms. The summed E-state index contributed by atoms with van der Waals surface area (Å²) in [6.45, 7) is 0. The van der Waals surface area contributed by atoms with E-state index >= 15 is 0 Å². The van der Waals surface area contributed by atoms with Crippen molar-refractivity contribution in [3.8, 4) is 0 Å². The van der Waals surface area contributed by atoms with E-state index in [1.54, 1.807) is 0 Å². The molecule has 4 heteroatoms. The molecule has 0 rings (SSSR count). The zero-order chi connectivity index (χ0) is 0. The zero-order valence-corrected chi connectivity index (χ0v) is 15.6. The standard InChI is InChI=1S/3Pb.Tb. The molecule has 0 N–H and O–H groups in total. The summed E-state index contributed by atoms with van der Waals surface area (Å²) in [5, 5.41) is 0. The first-order valence-electron chi connectivity index (χ1n) is 0. The van der Waals surface area contributed by atoms with Gasteiger partial charge in [0.15, 0.2) is 0 Å². The van der Waals surface area contributed by atoms with Gasteiger partial charge in [-0.3, -0.25) is 0 Å². The van der Waals surface area contributed by atoms with E-state index in [0.717, 1.165) is 0 Å². The fraction of sp³-hybridized carbons (Fsp3) is 0. The summed E-state index contributed by atoms with van der Waals surface area (Å²) in [6, 6.07) is 0. The van der Waals surface area contributed by atoms with Crippen molar-refractivity contribution in [2.24, 2.45) is 0 Å². The van der Waals surface area contributed by atoms with Crippen LogP contribution in [0.2, 0.25) is 0 Å². The second-order valence-electron chi connectivity index (χ2n) is 0. The third-order valence-electron chi connectivity index (χ3n) is 0. The van der Waals surface area contributed by atoms with E-state index in [0.29, 0.717) is 0 Å². The molecule has 0 unspecified atom stereocenters. The zero-order valence-electron chi connectivity index (χ0n) is 1.83. The van der Waals surface area contributed by atoms with Crippen molar-refractivity contribution in [3.05, 3.63) is 0 Å². The molecule has 0 heterocycles. The van der Waals surface area contributed by atoms with Gasteiger partial charge in [-0.2, -0.15) is 0 Å². The summed E-state index contributed by atoms with van der Waals surface area (Å²) >= 11 is 0. The van der Waals surface area contributed by atoms with E-state index in [1.165, 1.54) is 0 Å². The maximum absolute atomic E-state index is 0. The van der Waals surface area contributed by atoms with Crippen LogP contribution in [0.1, 0.15) is 0 Å². The Kier molecular flexibility index (Phi) is 95.9. The molecular formula is Pb3Tb. The van der Waals surface area contributed by atoms with Crippen molar-refractivity contribution in [1.29, 1.82) is 0 Å². The molecular weight excluding hydrogens is 781 g/mol. The number of hydrogen-bond donors (Lipinski definition) is 0. The maximum Gasteiger partial charge on any atom is 0 e. The summed E-state index contributed by atoms with van der Waals surface area (Å²) in [7, 11) is 0. The van der Waals surface area contributed by atoms with Crippen molar-refractivity contribution in [2.75, 3.05) is 0 Å². The molecule has 0 nitrogen and oxygen atoms in total. The van der Waals surface area contributed by atoms with Crippen LogP contribution < -0.4 is 0 Å². The first-order chi connectivity index (χ1) is 0. The first-order valence-corrected chi connectivity index (χ1v) is 0. The molecule has 0 fully saturated rings. The van der Waals surface area contributed by atoms with Crippen LogP contribution in [0.25, 0.3) is 0 Å². The fourth-order valence-electron chi connectivity index (χ4n) is 0. The van der Waals surface area contributed by atoms with Gasteiger partial charge in [0, 0.05) is 121 Å². The monoisotopic (exact) mass is 783 g/mol. The molecule has 0 aromatic rings. The molecule has 0 aliphatic carbocycles. The van der Waals surface area contributed by atoms with Gasteiger partial charge < -0.3 is 0 Å². The van der Waals surface area contributed by atoms with Gasteiger partial charge in [0.05, 0.1) is 0 Å². The Labute approximate surface area is 117 Å². The predicted octanol–water partition coefficient (Wildman–Crippen LogP) is -1.14. The molecule has 13 radical (unpaired) electrons. The quantitative estimate of drug-likeness (QED) is 0.273. The minimum absolute atomic E-state index is 0. The predicted molar refractivity (Wildman–Crippen MR) is 17.3 cm³/mol. The molecule has 21 valence electrons.